The first-order valence-electron chi connectivity index (χ1n) is 25.6. The molecule has 9 heteroatoms. The maximum atomic E-state index is 12.9. The second kappa shape index (κ2) is 42.5. The van der Waals surface area contributed by atoms with Gasteiger partial charge in [0.2, 0.25) is 5.91 Å². The van der Waals surface area contributed by atoms with Gasteiger partial charge in [0.05, 0.1) is 39.9 Å². The fourth-order valence-corrected chi connectivity index (χ4v) is 8.43. The van der Waals surface area contributed by atoms with Gasteiger partial charge in [0.15, 0.2) is 0 Å². The molecule has 59 heavy (non-hydrogen) atoms. The van der Waals surface area contributed by atoms with Gasteiger partial charge in [0.25, 0.3) is 0 Å². The molecule has 0 bridgehead atoms. The first kappa shape index (κ1) is 58.2. The summed E-state index contributed by atoms with van der Waals surface area (Å²) in [6.45, 7) is 4.83. The number of phosphoric ester groups is 1. The lowest BCUT2D eigenvalue weighted by atomic mass is 10.0. The number of hydrogen-bond donors (Lipinski definition) is 3. The Morgan fingerprint density at radius 1 is 0.559 bits per heavy atom. The highest BCUT2D eigenvalue weighted by Crippen LogP contribution is 2.43. The Bertz CT molecular complexity index is 974. The van der Waals surface area contributed by atoms with E-state index in [1.54, 1.807) is 6.08 Å². The number of quaternary nitrogens is 1. The molecule has 0 saturated carbocycles. The average molecular weight is 858 g/mol. The minimum atomic E-state index is -4.33. The second-order valence-electron chi connectivity index (χ2n) is 18.9. The van der Waals surface area contributed by atoms with E-state index >= 15 is 0 Å². The average Bonchev–Trinajstić information content (AvgIpc) is 3.19. The third-order valence-corrected chi connectivity index (χ3v) is 12.7. The minimum Gasteiger partial charge on any atom is -0.387 e. The van der Waals surface area contributed by atoms with Crippen molar-refractivity contribution in [3.05, 3.63) is 12.2 Å². The third kappa shape index (κ3) is 45.1. The summed E-state index contributed by atoms with van der Waals surface area (Å²) in [7, 11) is 1.58. The van der Waals surface area contributed by atoms with Gasteiger partial charge in [-0.25, -0.2) is 4.57 Å². The minimum absolute atomic E-state index is 0.0646. The fraction of sp³-hybridized carbons (Fsp3) is 0.940. The Morgan fingerprint density at radius 3 is 1.25 bits per heavy atom. The quantitative estimate of drug-likeness (QED) is 0.0244. The third-order valence-electron chi connectivity index (χ3n) is 11.8. The van der Waals surface area contributed by atoms with E-state index in [1.165, 1.54) is 193 Å². The van der Waals surface area contributed by atoms with Crippen LogP contribution < -0.4 is 5.32 Å². The van der Waals surface area contributed by atoms with Gasteiger partial charge in [-0.3, -0.25) is 13.8 Å². The summed E-state index contributed by atoms with van der Waals surface area (Å²) in [4.78, 5) is 23.1. The van der Waals surface area contributed by atoms with Crippen LogP contribution in [-0.2, 0) is 18.4 Å². The molecule has 3 atom stereocenters. The summed E-state index contributed by atoms with van der Waals surface area (Å²) in [5, 5.41) is 13.8. The normalized spacial score (nSPS) is 14.2. The molecular weight excluding hydrogens is 756 g/mol. The number of unbranched alkanes of at least 4 members (excludes halogenated alkanes) is 34. The molecule has 0 aromatic heterocycles. The molecule has 0 aliphatic rings. The predicted molar refractivity (Wildman–Crippen MR) is 254 cm³/mol. The van der Waals surface area contributed by atoms with Gasteiger partial charge < -0.3 is 19.8 Å². The van der Waals surface area contributed by atoms with Crippen LogP contribution >= 0.6 is 7.82 Å². The molecule has 0 heterocycles. The van der Waals surface area contributed by atoms with Crippen LogP contribution in [0.3, 0.4) is 0 Å². The molecule has 0 saturated heterocycles. The molecule has 0 spiro atoms. The molecule has 3 unspecified atom stereocenters. The number of hydrogen-bond acceptors (Lipinski definition) is 5. The number of phosphoric acid groups is 1. The Labute approximate surface area is 367 Å². The summed E-state index contributed by atoms with van der Waals surface area (Å²) in [5.74, 6) is -0.173. The molecular formula is C50H102N2O6P+. The van der Waals surface area contributed by atoms with Crippen molar-refractivity contribution in [2.75, 3.05) is 40.9 Å². The van der Waals surface area contributed by atoms with E-state index in [4.69, 9.17) is 9.05 Å². The zero-order valence-electron chi connectivity index (χ0n) is 40.0. The lowest BCUT2D eigenvalue weighted by Gasteiger charge is -2.25. The fourth-order valence-electron chi connectivity index (χ4n) is 7.69. The maximum Gasteiger partial charge on any atom is 0.472 e. The molecule has 0 fully saturated rings. The van der Waals surface area contributed by atoms with Gasteiger partial charge in [-0.15, -0.1) is 0 Å². The van der Waals surface area contributed by atoms with Crippen LogP contribution in [-0.4, -0.2) is 73.4 Å². The molecule has 0 rings (SSSR count). The first-order chi connectivity index (χ1) is 28.5. The van der Waals surface area contributed by atoms with Crippen LogP contribution in [0.25, 0.3) is 0 Å². The lowest BCUT2D eigenvalue weighted by Crippen LogP contribution is -2.45. The van der Waals surface area contributed by atoms with E-state index in [1.807, 2.05) is 27.2 Å². The molecule has 0 radical (unpaired) electrons. The Balaban J connectivity index is 4.09. The first-order valence-corrected chi connectivity index (χ1v) is 27.1. The number of carbonyl (C=O) groups excluding carboxylic acids is 1. The van der Waals surface area contributed by atoms with Crippen molar-refractivity contribution in [1.29, 1.82) is 0 Å². The Morgan fingerprint density at radius 2 is 0.898 bits per heavy atom. The number of likely N-dealkylation sites (N-methyl/N-ethyl adjacent to an activating group) is 1. The highest BCUT2D eigenvalue weighted by Gasteiger charge is 2.27. The van der Waals surface area contributed by atoms with E-state index in [9.17, 15) is 19.4 Å². The number of nitrogens with one attached hydrogen (secondary N) is 1. The van der Waals surface area contributed by atoms with Crippen LogP contribution in [0, 0.1) is 0 Å². The molecule has 0 aromatic carbocycles. The number of carbonyl (C=O) groups is 1. The Kier molecular flexibility index (Phi) is 42.0. The van der Waals surface area contributed by atoms with Gasteiger partial charge in [-0.2, -0.15) is 0 Å². The van der Waals surface area contributed by atoms with Crippen molar-refractivity contribution in [3.63, 3.8) is 0 Å². The van der Waals surface area contributed by atoms with Crippen LogP contribution in [0.5, 0.6) is 0 Å². The van der Waals surface area contributed by atoms with E-state index in [0.717, 1.165) is 38.5 Å². The van der Waals surface area contributed by atoms with E-state index in [0.29, 0.717) is 17.4 Å². The van der Waals surface area contributed by atoms with E-state index < -0.39 is 20.0 Å². The summed E-state index contributed by atoms with van der Waals surface area (Å²) < 4.78 is 23.6. The summed E-state index contributed by atoms with van der Waals surface area (Å²) >= 11 is 0. The zero-order valence-corrected chi connectivity index (χ0v) is 40.9. The number of rotatable bonds is 47. The number of aliphatic hydroxyl groups excluding tert-OH is 1. The lowest BCUT2D eigenvalue weighted by molar-refractivity contribution is -0.870. The Hall–Kier alpha value is -0.760. The molecule has 0 aliphatic carbocycles. The van der Waals surface area contributed by atoms with Gasteiger partial charge >= 0.3 is 7.82 Å². The predicted octanol–water partition coefficient (Wildman–Crippen LogP) is 14.7. The molecule has 0 aromatic rings. The van der Waals surface area contributed by atoms with Gasteiger partial charge in [-0.05, 0) is 19.3 Å². The van der Waals surface area contributed by atoms with Crippen molar-refractivity contribution in [3.8, 4) is 0 Å². The van der Waals surface area contributed by atoms with Crippen molar-refractivity contribution >= 4 is 13.7 Å². The standard InChI is InChI=1S/C50H101N2O6P/c1-6-8-10-12-14-16-18-19-20-21-22-23-24-25-26-27-28-29-30-31-32-34-36-38-40-42-44-50(54)51-48(47-58-59(55,56)57-46-45-52(3,4)5)49(53)43-41-39-37-35-33-17-15-13-11-9-7-2/h41,43,48-49,53H,6-40,42,44-47H2,1-5H3,(H-,51,54,55,56)/p+1/b43-41+. The van der Waals surface area contributed by atoms with Gasteiger partial charge in [-0.1, -0.05) is 238 Å². The second-order valence-corrected chi connectivity index (χ2v) is 20.4. The highest BCUT2D eigenvalue weighted by molar-refractivity contribution is 7.47. The van der Waals surface area contributed by atoms with Crippen molar-refractivity contribution in [2.45, 2.75) is 264 Å². The zero-order chi connectivity index (χ0) is 43.6. The molecule has 0 aliphatic heterocycles. The smallest absolute Gasteiger partial charge is 0.387 e. The summed E-state index contributed by atoms with van der Waals surface area (Å²) in [5.41, 5.74) is 0. The molecule has 3 N–H and O–H groups in total. The van der Waals surface area contributed by atoms with E-state index in [-0.39, 0.29) is 19.1 Å². The molecule has 8 nitrogen and oxygen atoms in total. The monoisotopic (exact) mass is 858 g/mol. The van der Waals surface area contributed by atoms with Gasteiger partial charge in [0.1, 0.15) is 13.2 Å². The van der Waals surface area contributed by atoms with Crippen LogP contribution in [0.15, 0.2) is 12.2 Å². The van der Waals surface area contributed by atoms with Crippen molar-refractivity contribution in [2.24, 2.45) is 0 Å². The van der Waals surface area contributed by atoms with Gasteiger partial charge in [0, 0.05) is 6.42 Å². The molecule has 1 amide bonds. The number of nitrogens with zero attached hydrogens (tertiary/aromatic N) is 1. The SMILES string of the molecule is CCCCCCCCCCC/C=C/C(O)C(COP(=O)(O)OCC[N+](C)(C)C)NC(=O)CCCCCCCCCCCCCCCCCCCCCCCCCCCC. The number of aliphatic hydroxyl groups is 1. The van der Waals surface area contributed by atoms with E-state index in [2.05, 4.69) is 19.2 Å². The van der Waals surface area contributed by atoms with Crippen LogP contribution in [0.4, 0.5) is 0 Å². The van der Waals surface area contributed by atoms with Crippen LogP contribution in [0.2, 0.25) is 0 Å². The van der Waals surface area contributed by atoms with Crippen molar-refractivity contribution < 1.29 is 32.9 Å². The summed E-state index contributed by atoms with van der Waals surface area (Å²) in [6.07, 6.45) is 50.2. The maximum absolute atomic E-state index is 12.9. The van der Waals surface area contributed by atoms with Crippen molar-refractivity contribution in [1.82, 2.24) is 5.32 Å². The topological polar surface area (TPSA) is 105 Å². The number of allylic oxidation sites excluding steroid dienone is 1. The highest BCUT2D eigenvalue weighted by atomic mass is 31.2. The summed E-state index contributed by atoms with van der Waals surface area (Å²) in [6, 6.07) is -0.839. The molecule has 352 valence electrons. The van der Waals surface area contributed by atoms with Crippen LogP contribution in [0.1, 0.15) is 251 Å². The number of amides is 1. The largest absolute Gasteiger partial charge is 0.472 e.